The molecule has 0 bridgehead atoms. The summed E-state index contributed by atoms with van der Waals surface area (Å²) in [5.41, 5.74) is 10.7. The summed E-state index contributed by atoms with van der Waals surface area (Å²) in [5, 5.41) is 0. The third kappa shape index (κ3) is 5.55. The molecule has 0 fully saturated rings. The fourth-order valence-electron chi connectivity index (χ4n) is 3.53. The Balaban J connectivity index is 0.00000243. The molecule has 0 aliphatic carbocycles. The predicted octanol–water partition coefficient (Wildman–Crippen LogP) is 5.63. The molecule has 0 amide bonds. The molecular weight excluding hydrogens is 382 g/mol. The van der Waals surface area contributed by atoms with Crippen LogP contribution in [0.5, 0.6) is 0 Å². The van der Waals surface area contributed by atoms with Crippen LogP contribution < -0.4 is 5.73 Å². The summed E-state index contributed by atoms with van der Waals surface area (Å²) in [6.45, 7) is 2.29. The Kier molecular flexibility index (Phi) is 7.62. The molecule has 0 aromatic heterocycles. The third-order valence-electron chi connectivity index (χ3n) is 5.12. The van der Waals surface area contributed by atoms with Crippen molar-refractivity contribution in [2.45, 2.75) is 31.7 Å². The summed E-state index contributed by atoms with van der Waals surface area (Å²) in [6, 6.07) is 31.9. The van der Waals surface area contributed by atoms with Crippen molar-refractivity contribution in [3.8, 4) is 0 Å². The molecule has 136 valence electrons. The zero-order chi connectivity index (χ0) is 17.5. The molecule has 1 nitrogen and oxygen atoms in total. The number of hydrogen-bond acceptors (Lipinski definition) is 1. The van der Waals surface area contributed by atoms with E-state index in [0.29, 0.717) is 5.92 Å². The Morgan fingerprint density at radius 2 is 1.00 bits per heavy atom. The summed E-state index contributed by atoms with van der Waals surface area (Å²) in [7, 11) is 0. The van der Waals surface area contributed by atoms with Crippen molar-refractivity contribution in [1.82, 2.24) is 0 Å². The maximum atomic E-state index is 7.05. The fraction of sp³-hybridized carbons (Fsp3) is 0.250. The summed E-state index contributed by atoms with van der Waals surface area (Å²) >= 11 is 0. The van der Waals surface area contributed by atoms with E-state index in [2.05, 4.69) is 97.9 Å². The lowest BCUT2D eigenvalue weighted by Gasteiger charge is -2.36. The Bertz CT molecular complexity index is 714. The highest BCUT2D eigenvalue weighted by Gasteiger charge is 2.32. The van der Waals surface area contributed by atoms with Crippen LogP contribution in [0.4, 0.5) is 0 Å². The molecule has 0 saturated heterocycles. The normalized spacial score (nSPS) is 12.2. The smallest absolute Gasteiger partial charge is 0.0265 e. The second kappa shape index (κ2) is 9.70. The van der Waals surface area contributed by atoms with Crippen LogP contribution in [0.2, 0.25) is 0 Å². The van der Waals surface area contributed by atoms with Crippen LogP contribution in [0, 0.1) is 5.92 Å². The second-order valence-electron chi connectivity index (χ2n) is 7.15. The number of hydrogen-bond donors (Lipinski definition) is 1. The summed E-state index contributed by atoms with van der Waals surface area (Å²) < 4.78 is 0. The van der Waals surface area contributed by atoms with Crippen molar-refractivity contribution in [2.75, 3.05) is 0 Å². The van der Waals surface area contributed by atoms with Crippen LogP contribution in [-0.4, -0.2) is 5.54 Å². The minimum absolute atomic E-state index is 0. The van der Waals surface area contributed by atoms with Crippen molar-refractivity contribution in [1.29, 1.82) is 0 Å². The van der Waals surface area contributed by atoms with E-state index in [1.54, 1.807) is 0 Å². The van der Waals surface area contributed by atoms with E-state index >= 15 is 0 Å². The number of benzene rings is 3. The molecule has 2 N–H and O–H groups in total. The van der Waals surface area contributed by atoms with Gasteiger partial charge < -0.3 is 5.73 Å². The van der Waals surface area contributed by atoms with Crippen molar-refractivity contribution < 1.29 is 0 Å². The monoisotopic (exact) mass is 409 g/mol. The van der Waals surface area contributed by atoms with Gasteiger partial charge in [0.1, 0.15) is 0 Å². The molecule has 0 saturated carbocycles. The van der Waals surface area contributed by atoms with E-state index in [1.807, 2.05) is 0 Å². The highest BCUT2D eigenvalue weighted by atomic mass is 79.9. The van der Waals surface area contributed by atoms with Gasteiger partial charge in [-0.15, -0.1) is 17.0 Å². The zero-order valence-electron chi connectivity index (χ0n) is 15.3. The van der Waals surface area contributed by atoms with Crippen LogP contribution in [-0.2, 0) is 19.3 Å². The molecule has 3 rings (SSSR count). The first-order valence-electron chi connectivity index (χ1n) is 9.06. The molecule has 0 spiro atoms. The minimum Gasteiger partial charge on any atom is -0.324 e. The van der Waals surface area contributed by atoms with Crippen molar-refractivity contribution in [3.63, 3.8) is 0 Å². The Morgan fingerprint density at radius 3 is 1.38 bits per heavy atom. The summed E-state index contributed by atoms with van der Waals surface area (Å²) in [5.74, 6) is 0.371. The van der Waals surface area contributed by atoms with Gasteiger partial charge in [-0.05, 0) is 41.9 Å². The Morgan fingerprint density at radius 1 is 0.654 bits per heavy atom. The van der Waals surface area contributed by atoms with Crippen LogP contribution in [0.25, 0.3) is 0 Å². The Labute approximate surface area is 168 Å². The van der Waals surface area contributed by atoms with Crippen LogP contribution in [0.3, 0.4) is 0 Å². The van der Waals surface area contributed by atoms with Gasteiger partial charge >= 0.3 is 0 Å². The lowest BCUT2D eigenvalue weighted by molar-refractivity contribution is 0.282. The van der Waals surface area contributed by atoms with Gasteiger partial charge in [-0.2, -0.15) is 0 Å². The second-order valence-corrected chi connectivity index (χ2v) is 7.15. The van der Waals surface area contributed by atoms with E-state index in [-0.39, 0.29) is 22.5 Å². The molecule has 0 radical (unpaired) electrons. The van der Waals surface area contributed by atoms with Crippen molar-refractivity contribution in [3.05, 3.63) is 108 Å². The topological polar surface area (TPSA) is 26.0 Å². The van der Waals surface area contributed by atoms with Crippen molar-refractivity contribution >= 4 is 17.0 Å². The Hall–Kier alpha value is -1.90. The van der Waals surface area contributed by atoms with E-state index in [1.165, 1.54) is 16.7 Å². The molecule has 2 heteroatoms. The molecule has 26 heavy (non-hydrogen) atoms. The van der Waals surface area contributed by atoms with Crippen molar-refractivity contribution in [2.24, 2.45) is 11.7 Å². The average molecular weight is 410 g/mol. The highest BCUT2D eigenvalue weighted by molar-refractivity contribution is 8.93. The summed E-state index contributed by atoms with van der Waals surface area (Å²) in [6.07, 6.45) is 2.77. The minimum atomic E-state index is -0.279. The van der Waals surface area contributed by atoms with E-state index in [4.69, 9.17) is 5.73 Å². The van der Waals surface area contributed by atoms with Crippen LogP contribution in [0.1, 0.15) is 23.6 Å². The van der Waals surface area contributed by atoms with E-state index in [9.17, 15) is 0 Å². The lowest BCUT2D eigenvalue weighted by atomic mass is 9.74. The largest absolute Gasteiger partial charge is 0.324 e. The van der Waals surface area contributed by atoms with Gasteiger partial charge in [0, 0.05) is 5.54 Å². The predicted molar refractivity (Wildman–Crippen MR) is 117 cm³/mol. The molecule has 1 atom stereocenters. The first kappa shape index (κ1) is 20.4. The standard InChI is InChI=1S/C24H27N.BrH/c1-20(17-21-11-5-2-6-12-21)24(25,18-22-13-7-3-8-14-22)19-23-15-9-4-10-16-23;/h2-16,20H,17-19,25H2,1H3;1H. The van der Waals surface area contributed by atoms with Crippen LogP contribution >= 0.6 is 17.0 Å². The summed E-state index contributed by atoms with van der Waals surface area (Å²) in [4.78, 5) is 0. The van der Waals surface area contributed by atoms with Gasteiger partial charge in [0.05, 0.1) is 0 Å². The van der Waals surface area contributed by atoms with Gasteiger partial charge in [0.2, 0.25) is 0 Å². The lowest BCUT2D eigenvalue weighted by Crippen LogP contribution is -2.51. The molecule has 0 aliphatic heterocycles. The van der Waals surface area contributed by atoms with Gasteiger partial charge in [-0.1, -0.05) is 97.9 Å². The first-order valence-corrected chi connectivity index (χ1v) is 9.06. The fourth-order valence-corrected chi connectivity index (χ4v) is 3.53. The molecule has 0 heterocycles. The number of rotatable bonds is 7. The maximum absolute atomic E-state index is 7.05. The SMILES string of the molecule is Br.CC(Cc1ccccc1)C(N)(Cc1ccccc1)Cc1ccccc1. The number of nitrogens with two attached hydrogens (primary N) is 1. The number of halogens is 1. The average Bonchev–Trinajstić information content (AvgIpc) is 2.64. The van der Waals surface area contributed by atoms with E-state index < -0.39 is 0 Å². The molecule has 0 aliphatic rings. The molecule has 3 aromatic rings. The quantitative estimate of drug-likeness (QED) is 0.537. The van der Waals surface area contributed by atoms with Gasteiger partial charge in [-0.25, -0.2) is 0 Å². The highest BCUT2D eigenvalue weighted by Crippen LogP contribution is 2.27. The zero-order valence-corrected chi connectivity index (χ0v) is 17.1. The van der Waals surface area contributed by atoms with Gasteiger partial charge in [0.15, 0.2) is 0 Å². The molecule has 1 unspecified atom stereocenters. The molecule has 3 aromatic carbocycles. The molecular formula is C24H28BrN. The maximum Gasteiger partial charge on any atom is 0.0265 e. The third-order valence-corrected chi connectivity index (χ3v) is 5.12. The van der Waals surface area contributed by atoms with E-state index in [0.717, 1.165) is 19.3 Å². The van der Waals surface area contributed by atoms with Gasteiger partial charge in [0.25, 0.3) is 0 Å². The van der Waals surface area contributed by atoms with Gasteiger partial charge in [-0.3, -0.25) is 0 Å². The first-order chi connectivity index (χ1) is 12.2. The van der Waals surface area contributed by atoms with Crippen LogP contribution in [0.15, 0.2) is 91.0 Å².